The summed E-state index contributed by atoms with van der Waals surface area (Å²) in [6.07, 6.45) is 1.20. The molecule has 1 rings (SSSR count). The van der Waals surface area contributed by atoms with Gasteiger partial charge in [0.2, 0.25) is 0 Å². The van der Waals surface area contributed by atoms with Gasteiger partial charge in [-0.3, -0.25) is 4.79 Å². The van der Waals surface area contributed by atoms with Crippen LogP contribution in [-0.2, 0) is 9.84 Å². The number of H-pyrrole nitrogens is 1. The predicted molar refractivity (Wildman–Crippen MR) is 62.7 cm³/mol. The molecule has 2 N–H and O–H groups in total. The molecule has 0 aliphatic carbocycles. The van der Waals surface area contributed by atoms with E-state index in [0.717, 1.165) is 0 Å². The quantitative estimate of drug-likeness (QED) is 0.797. The lowest BCUT2D eigenvalue weighted by Gasteiger charge is -2.05. The Bertz CT molecular complexity index is 512. The zero-order valence-electron chi connectivity index (χ0n) is 8.66. The molecule has 0 radical (unpaired) electrons. The standard InChI is InChI=1S/C8H12ClN3O3S/c1-2-16(14,15)4-3-10-7-6(9)8(13)12-5-11-7/h5H,2-4H2,1H3,(H2,10,11,12,13). The van der Waals surface area contributed by atoms with Crippen molar-refractivity contribution in [3.8, 4) is 0 Å². The summed E-state index contributed by atoms with van der Waals surface area (Å²) in [6.45, 7) is 1.75. The first-order valence-corrected chi connectivity index (χ1v) is 6.83. The second-order valence-electron chi connectivity index (χ2n) is 3.06. The number of aromatic nitrogens is 2. The van der Waals surface area contributed by atoms with Crippen LogP contribution < -0.4 is 10.9 Å². The van der Waals surface area contributed by atoms with Gasteiger partial charge < -0.3 is 10.3 Å². The molecule has 0 amide bonds. The number of hydrogen-bond donors (Lipinski definition) is 2. The van der Waals surface area contributed by atoms with E-state index in [4.69, 9.17) is 11.6 Å². The number of sulfone groups is 1. The second kappa shape index (κ2) is 5.31. The van der Waals surface area contributed by atoms with E-state index in [2.05, 4.69) is 15.3 Å². The van der Waals surface area contributed by atoms with Crippen LogP contribution in [0.15, 0.2) is 11.1 Å². The van der Waals surface area contributed by atoms with Gasteiger partial charge >= 0.3 is 0 Å². The summed E-state index contributed by atoms with van der Waals surface area (Å²) in [6, 6.07) is 0. The summed E-state index contributed by atoms with van der Waals surface area (Å²) in [4.78, 5) is 17.2. The molecule has 0 unspecified atom stereocenters. The molecule has 0 saturated heterocycles. The Balaban J connectivity index is 2.63. The molecule has 8 heteroatoms. The van der Waals surface area contributed by atoms with E-state index in [1.165, 1.54) is 6.33 Å². The minimum Gasteiger partial charge on any atom is -0.368 e. The summed E-state index contributed by atoms with van der Waals surface area (Å²) in [5.41, 5.74) is -0.461. The maximum Gasteiger partial charge on any atom is 0.271 e. The van der Waals surface area contributed by atoms with Crippen molar-refractivity contribution in [2.75, 3.05) is 23.4 Å². The molecule has 0 fully saturated rings. The molecular formula is C8H12ClN3O3S. The maximum absolute atomic E-state index is 11.2. The highest BCUT2D eigenvalue weighted by molar-refractivity contribution is 7.91. The van der Waals surface area contributed by atoms with Crippen LogP contribution in [0, 0.1) is 0 Å². The fourth-order valence-corrected chi connectivity index (χ4v) is 1.85. The van der Waals surface area contributed by atoms with Crippen molar-refractivity contribution in [2.45, 2.75) is 6.92 Å². The monoisotopic (exact) mass is 265 g/mol. The van der Waals surface area contributed by atoms with Gasteiger partial charge in [-0.15, -0.1) is 0 Å². The number of nitrogens with zero attached hydrogens (tertiary/aromatic N) is 1. The van der Waals surface area contributed by atoms with Gasteiger partial charge in [-0.25, -0.2) is 13.4 Å². The number of aromatic amines is 1. The number of halogens is 1. The first kappa shape index (κ1) is 13.0. The minimum atomic E-state index is -3.03. The number of anilines is 1. The average Bonchev–Trinajstić information content (AvgIpc) is 2.24. The molecule has 0 aromatic carbocycles. The predicted octanol–water partition coefficient (Wildman–Crippen LogP) is 0.270. The van der Waals surface area contributed by atoms with Crippen molar-refractivity contribution in [2.24, 2.45) is 0 Å². The van der Waals surface area contributed by atoms with E-state index >= 15 is 0 Å². The molecule has 0 spiro atoms. The number of nitrogens with one attached hydrogen (secondary N) is 2. The highest BCUT2D eigenvalue weighted by atomic mass is 35.5. The van der Waals surface area contributed by atoms with Crippen LogP contribution in [0.25, 0.3) is 0 Å². The summed E-state index contributed by atoms with van der Waals surface area (Å²) in [5, 5.41) is 2.63. The normalized spacial score (nSPS) is 11.4. The van der Waals surface area contributed by atoms with Gasteiger partial charge in [0.1, 0.15) is 5.02 Å². The highest BCUT2D eigenvalue weighted by Gasteiger charge is 2.09. The van der Waals surface area contributed by atoms with Crippen molar-refractivity contribution >= 4 is 27.3 Å². The maximum atomic E-state index is 11.2. The molecule has 1 heterocycles. The molecule has 0 bridgehead atoms. The van der Waals surface area contributed by atoms with Gasteiger partial charge in [-0.1, -0.05) is 18.5 Å². The Morgan fingerprint density at radius 1 is 1.56 bits per heavy atom. The Labute approximate surface area is 98.0 Å². The van der Waals surface area contributed by atoms with Gasteiger partial charge in [0.15, 0.2) is 15.7 Å². The number of rotatable bonds is 5. The van der Waals surface area contributed by atoms with Crippen LogP contribution in [0.2, 0.25) is 5.02 Å². The molecule has 0 saturated carbocycles. The van der Waals surface area contributed by atoms with E-state index in [0.29, 0.717) is 0 Å². The molecule has 0 aliphatic rings. The SMILES string of the molecule is CCS(=O)(=O)CCNc1nc[nH]c(=O)c1Cl. The van der Waals surface area contributed by atoms with Crippen molar-refractivity contribution in [3.05, 3.63) is 21.7 Å². The number of hydrogen-bond acceptors (Lipinski definition) is 5. The van der Waals surface area contributed by atoms with Crippen LogP contribution >= 0.6 is 11.6 Å². The fourth-order valence-electron chi connectivity index (χ4n) is 0.976. The van der Waals surface area contributed by atoms with Crippen molar-refractivity contribution in [1.82, 2.24) is 9.97 Å². The zero-order chi connectivity index (χ0) is 12.2. The zero-order valence-corrected chi connectivity index (χ0v) is 10.2. The molecular weight excluding hydrogens is 254 g/mol. The Kier molecular flexibility index (Phi) is 4.31. The first-order valence-electron chi connectivity index (χ1n) is 4.63. The smallest absolute Gasteiger partial charge is 0.271 e. The summed E-state index contributed by atoms with van der Waals surface area (Å²) >= 11 is 5.66. The first-order chi connectivity index (χ1) is 7.46. The lowest BCUT2D eigenvalue weighted by molar-refractivity contribution is 0.597. The lowest BCUT2D eigenvalue weighted by atomic mass is 10.5. The van der Waals surface area contributed by atoms with Crippen LogP contribution in [-0.4, -0.2) is 36.4 Å². The topological polar surface area (TPSA) is 91.9 Å². The van der Waals surface area contributed by atoms with Gasteiger partial charge in [0, 0.05) is 12.3 Å². The van der Waals surface area contributed by atoms with Gasteiger partial charge in [-0.05, 0) is 0 Å². The lowest BCUT2D eigenvalue weighted by Crippen LogP contribution is -2.19. The Morgan fingerprint density at radius 3 is 2.88 bits per heavy atom. The van der Waals surface area contributed by atoms with E-state index < -0.39 is 15.4 Å². The Morgan fingerprint density at radius 2 is 2.25 bits per heavy atom. The van der Waals surface area contributed by atoms with E-state index in [1.807, 2.05) is 0 Å². The Hall–Kier alpha value is -1.08. The van der Waals surface area contributed by atoms with Crippen molar-refractivity contribution in [3.63, 3.8) is 0 Å². The third-order valence-corrected chi connectivity index (χ3v) is 4.00. The molecule has 6 nitrogen and oxygen atoms in total. The summed E-state index contributed by atoms with van der Waals surface area (Å²) in [5.74, 6) is 0.260. The van der Waals surface area contributed by atoms with E-state index in [9.17, 15) is 13.2 Å². The molecule has 0 aliphatic heterocycles. The highest BCUT2D eigenvalue weighted by Crippen LogP contribution is 2.11. The molecule has 1 aromatic rings. The van der Waals surface area contributed by atoms with Crippen molar-refractivity contribution < 1.29 is 8.42 Å². The van der Waals surface area contributed by atoms with Crippen LogP contribution in [0.5, 0.6) is 0 Å². The van der Waals surface area contributed by atoms with Gasteiger partial charge in [-0.2, -0.15) is 0 Å². The molecule has 1 aromatic heterocycles. The van der Waals surface area contributed by atoms with Crippen molar-refractivity contribution in [1.29, 1.82) is 0 Å². The van der Waals surface area contributed by atoms with Crippen LogP contribution in [0.1, 0.15) is 6.92 Å². The molecule has 90 valence electrons. The fraction of sp³-hybridized carbons (Fsp3) is 0.500. The average molecular weight is 266 g/mol. The van der Waals surface area contributed by atoms with Gasteiger partial charge in [0.05, 0.1) is 12.1 Å². The summed E-state index contributed by atoms with van der Waals surface area (Å²) < 4.78 is 22.4. The second-order valence-corrected chi connectivity index (χ2v) is 5.91. The van der Waals surface area contributed by atoms with Crippen LogP contribution in [0.3, 0.4) is 0 Å². The van der Waals surface area contributed by atoms with Crippen LogP contribution in [0.4, 0.5) is 5.82 Å². The molecule has 0 atom stereocenters. The molecule has 16 heavy (non-hydrogen) atoms. The third kappa shape index (κ3) is 3.49. The van der Waals surface area contributed by atoms with E-state index in [-0.39, 0.29) is 28.9 Å². The largest absolute Gasteiger partial charge is 0.368 e. The minimum absolute atomic E-state index is 0.0195. The van der Waals surface area contributed by atoms with Gasteiger partial charge in [0.25, 0.3) is 5.56 Å². The third-order valence-electron chi connectivity index (χ3n) is 1.94. The van der Waals surface area contributed by atoms with E-state index in [1.54, 1.807) is 6.92 Å². The summed E-state index contributed by atoms with van der Waals surface area (Å²) in [7, 11) is -3.03.